The quantitative estimate of drug-likeness (QED) is 0.889. The van der Waals surface area contributed by atoms with Gasteiger partial charge in [-0.1, -0.05) is 51.1 Å². The first-order valence-corrected chi connectivity index (χ1v) is 7.91. The molecule has 1 amide bonds. The second-order valence-electron chi connectivity index (χ2n) is 6.86. The summed E-state index contributed by atoms with van der Waals surface area (Å²) in [6.07, 6.45) is -0.570. The van der Waals surface area contributed by atoms with Crippen LogP contribution in [-0.2, 0) is 10.2 Å². The fourth-order valence-corrected chi connectivity index (χ4v) is 2.40. The molecule has 0 saturated carbocycles. The highest BCUT2D eigenvalue weighted by Crippen LogP contribution is 2.31. The Bertz CT molecular complexity index is 686. The van der Waals surface area contributed by atoms with E-state index in [9.17, 15) is 4.79 Å². The third-order valence-electron chi connectivity index (χ3n) is 3.65. The predicted octanol–water partition coefficient (Wildman–Crippen LogP) is 4.70. The molecule has 122 valence electrons. The van der Waals surface area contributed by atoms with Gasteiger partial charge in [-0.3, -0.25) is 4.79 Å². The standard InChI is InChI=1S/C20H25NO2/c1-14-9-8-10-16(13-14)21-19(22)15(2)23-18-12-7-6-11-17(18)20(3,4)5/h6-13,15H,1-5H3,(H,21,22). The summed E-state index contributed by atoms with van der Waals surface area (Å²) < 4.78 is 5.92. The molecule has 3 heteroatoms. The predicted molar refractivity (Wildman–Crippen MR) is 95.0 cm³/mol. The number of anilines is 1. The van der Waals surface area contributed by atoms with Crippen LogP contribution in [0.4, 0.5) is 5.69 Å². The molecule has 3 nitrogen and oxygen atoms in total. The van der Waals surface area contributed by atoms with Crippen molar-refractivity contribution in [3.8, 4) is 5.75 Å². The van der Waals surface area contributed by atoms with Gasteiger partial charge in [0.15, 0.2) is 6.10 Å². The molecular formula is C20H25NO2. The van der Waals surface area contributed by atoms with Crippen LogP contribution in [0.1, 0.15) is 38.8 Å². The van der Waals surface area contributed by atoms with Crippen molar-refractivity contribution in [2.45, 2.75) is 46.1 Å². The number of benzene rings is 2. The van der Waals surface area contributed by atoms with E-state index in [1.54, 1.807) is 6.92 Å². The summed E-state index contributed by atoms with van der Waals surface area (Å²) in [4.78, 5) is 12.4. The van der Waals surface area contributed by atoms with Crippen molar-refractivity contribution in [3.63, 3.8) is 0 Å². The molecule has 0 aliphatic heterocycles. The Kier molecular flexibility index (Phi) is 5.09. The Labute approximate surface area is 138 Å². The van der Waals surface area contributed by atoms with Gasteiger partial charge < -0.3 is 10.1 Å². The molecule has 0 aromatic heterocycles. The third kappa shape index (κ3) is 4.59. The second kappa shape index (κ2) is 6.86. The lowest BCUT2D eigenvalue weighted by atomic mass is 9.86. The van der Waals surface area contributed by atoms with Gasteiger partial charge in [0.25, 0.3) is 5.91 Å². The summed E-state index contributed by atoms with van der Waals surface area (Å²) in [7, 11) is 0. The van der Waals surface area contributed by atoms with Gasteiger partial charge in [0.1, 0.15) is 5.75 Å². The van der Waals surface area contributed by atoms with Crippen LogP contribution >= 0.6 is 0 Å². The van der Waals surface area contributed by atoms with Gasteiger partial charge >= 0.3 is 0 Å². The average molecular weight is 311 g/mol. The van der Waals surface area contributed by atoms with Crippen LogP contribution in [0.2, 0.25) is 0 Å². The normalized spacial score (nSPS) is 12.6. The summed E-state index contributed by atoms with van der Waals surface area (Å²) in [6.45, 7) is 10.2. The van der Waals surface area contributed by atoms with E-state index in [1.807, 2.05) is 55.5 Å². The van der Waals surface area contributed by atoms with Gasteiger partial charge in [-0.05, 0) is 48.6 Å². The van der Waals surface area contributed by atoms with E-state index >= 15 is 0 Å². The first-order valence-electron chi connectivity index (χ1n) is 7.91. The van der Waals surface area contributed by atoms with Gasteiger partial charge in [-0.2, -0.15) is 0 Å². The van der Waals surface area contributed by atoms with Crippen LogP contribution in [0.25, 0.3) is 0 Å². The highest BCUT2D eigenvalue weighted by Gasteiger charge is 2.22. The minimum Gasteiger partial charge on any atom is -0.481 e. The Morgan fingerprint density at radius 1 is 1.09 bits per heavy atom. The van der Waals surface area contributed by atoms with Crippen LogP contribution in [-0.4, -0.2) is 12.0 Å². The van der Waals surface area contributed by atoms with Crippen LogP contribution in [0.3, 0.4) is 0 Å². The molecule has 0 saturated heterocycles. The van der Waals surface area contributed by atoms with Crippen molar-refractivity contribution in [1.29, 1.82) is 0 Å². The van der Waals surface area contributed by atoms with E-state index in [-0.39, 0.29) is 11.3 Å². The maximum Gasteiger partial charge on any atom is 0.265 e. The van der Waals surface area contributed by atoms with E-state index in [4.69, 9.17) is 4.74 Å². The lowest BCUT2D eigenvalue weighted by Gasteiger charge is -2.24. The average Bonchev–Trinajstić information content (AvgIpc) is 2.46. The molecule has 0 radical (unpaired) electrons. The van der Waals surface area contributed by atoms with Gasteiger partial charge in [0.05, 0.1) is 0 Å². The summed E-state index contributed by atoms with van der Waals surface area (Å²) in [6, 6.07) is 15.6. The molecule has 0 aliphatic carbocycles. The van der Waals surface area contributed by atoms with Gasteiger partial charge in [-0.25, -0.2) is 0 Å². The molecule has 1 atom stereocenters. The highest BCUT2D eigenvalue weighted by molar-refractivity contribution is 5.94. The van der Waals surface area contributed by atoms with E-state index in [2.05, 4.69) is 26.1 Å². The molecule has 1 unspecified atom stereocenters. The number of aryl methyl sites for hydroxylation is 1. The topological polar surface area (TPSA) is 38.3 Å². The number of para-hydroxylation sites is 1. The van der Waals surface area contributed by atoms with Gasteiger partial charge in [-0.15, -0.1) is 0 Å². The lowest BCUT2D eigenvalue weighted by molar-refractivity contribution is -0.122. The number of nitrogens with one attached hydrogen (secondary N) is 1. The number of rotatable bonds is 4. The number of hydrogen-bond donors (Lipinski definition) is 1. The minimum absolute atomic E-state index is 0.0384. The maximum atomic E-state index is 12.4. The molecule has 0 bridgehead atoms. The number of amides is 1. The lowest BCUT2D eigenvalue weighted by Crippen LogP contribution is -2.31. The van der Waals surface area contributed by atoms with Gasteiger partial charge in [0.2, 0.25) is 0 Å². The number of carbonyl (C=O) groups is 1. The van der Waals surface area contributed by atoms with Crippen LogP contribution in [0, 0.1) is 6.92 Å². The van der Waals surface area contributed by atoms with Gasteiger partial charge in [0, 0.05) is 5.69 Å². The smallest absolute Gasteiger partial charge is 0.265 e. The Morgan fingerprint density at radius 3 is 2.43 bits per heavy atom. The monoisotopic (exact) mass is 311 g/mol. The highest BCUT2D eigenvalue weighted by atomic mass is 16.5. The summed E-state index contributed by atoms with van der Waals surface area (Å²) in [5.41, 5.74) is 2.95. The van der Waals surface area contributed by atoms with Crippen molar-refractivity contribution < 1.29 is 9.53 Å². The SMILES string of the molecule is Cc1cccc(NC(=O)C(C)Oc2ccccc2C(C)(C)C)c1. The molecule has 0 spiro atoms. The van der Waals surface area contributed by atoms with Crippen molar-refractivity contribution in [2.75, 3.05) is 5.32 Å². The number of hydrogen-bond acceptors (Lipinski definition) is 2. The number of ether oxygens (including phenoxy) is 1. The van der Waals surface area contributed by atoms with Crippen molar-refractivity contribution >= 4 is 11.6 Å². The first kappa shape index (κ1) is 17.1. The van der Waals surface area contributed by atoms with Crippen molar-refractivity contribution in [3.05, 3.63) is 59.7 Å². The third-order valence-corrected chi connectivity index (χ3v) is 3.65. The molecule has 0 aliphatic rings. The molecule has 0 heterocycles. The van der Waals surface area contributed by atoms with E-state index in [0.717, 1.165) is 22.6 Å². The zero-order valence-electron chi connectivity index (χ0n) is 14.5. The molecule has 2 aromatic rings. The molecule has 1 N–H and O–H groups in total. The largest absolute Gasteiger partial charge is 0.481 e. The molecular weight excluding hydrogens is 286 g/mol. The first-order chi connectivity index (χ1) is 10.8. The molecule has 23 heavy (non-hydrogen) atoms. The van der Waals surface area contributed by atoms with E-state index in [0.29, 0.717) is 0 Å². The van der Waals surface area contributed by atoms with Crippen LogP contribution < -0.4 is 10.1 Å². The minimum atomic E-state index is -0.570. The summed E-state index contributed by atoms with van der Waals surface area (Å²) >= 11 is 0. The molecule has 0 fully saturated rings. The Balaban J connectivity index is 2.10. The number of carbonyl (C=O) groups excluding carboxylic acids is 1. The van der Waals surface area contributed by atoms with Crippen molar-refractivity contribution in [2.24, 2.45) is 0 Å². The summed E-state index contributed by atoms with van der Waals surface area (Å²) in [5.74, 6) is 0.603. The second-order valence-corrected chi connectivity index (χ2v) is 6.86. The van der Waals surface area contributed by atoms with E-state index in [1.165, 1.54) is 0 Å². The van der Waals surface area contributed by atoms with E-state index < -0.39 is 6.10 Å². The van der Waals surface area contributed by atoms with Crippen molar-refractivity contribution in [1.82, 2.24) is 0 Å². The maximum absolute atomic E-state index is 12.4. The van der Waals surface area contributed by atoms with Crippen LogP contribution in [0.5, 0.6) is 5.75 Å². The fourth-order valence-electron chi connectivity index (χ4n) is 2.40. The van der Waals surface area contributed by atoms with Crippen LogP contribution in [0.15, 0.2) is 48.5 Å². The fraction of sp³-hybridized carbons (Fsp3) is 0.350. The molecule has 2 aromatic carbocycles. The zero-order chi connectivity index (χ0) is 17.0. The summed E-state index contributed by atoms with van der Waals surface area (Å²) in [5, 5.41) is 2.90. The Morgan fingerprint density at radius 2 is 1.78 bits per heavy atom. The zero-order valence-corrected chi connectivity index (χ0v) is 14.5. The molecule has 2 rings (SSSR count). The Hall–Kier alpha value is -2.29.